The highest BCUT2D eigenvalue weighted by Crippen LogP contribution is 2.33. The van der Waals surface area contributed by atoms with Crippen LogP contribution in [-0.4, -0.2) is 58.0 Å². The lowest BCUT2D eigenvalue weighted by molar-refractivity contribution is 0.131. The molecule has 4 rings (SSSR count). The quantitative estimate of drug-likeness (QED) is 0.421. The van der Waals surface area contributed by atoms with Crippen molar-refractivity contribution in [1.29, 1.82) is 0 Å². The second kappa shape index (κ2) is 11.3. The van der Waals surface area contributed by atoms with Gasteiger partial charge in [-0.25, -0.2) is 9.78 Å². The predicted octanol–water partition coefficient (Wildman–Crippen LogP) is 4.90. The molecule has 4 heterocycles. The van der Waals surface area contributed by atoms with Crippen LogP contribution in [0.25, 0.3) is 20.7 Å². The van der Waals surface area contributed by atoms with Gasteiger partial charge in [0.2, 0.25) is 0 Å². The number of aromatic amines is 1. The van der Waals surface area contributed by atoms with E-state index in [0.29, 0.717) is 30.8 Å². The minimum absolute atomic E-state index is 0.0327. The number of carbonyl (C=O) groups excluding carboxylic acids is 1. The molecule has 0 aliphatic carbocycles. The maximum atomic E-state index is 12.8. The van der Waals surface area contributed by atoms with Gasteiger partial charge in [0.05, 0.1) is 11.9 Å². The second-order valence-corrected chi connectivity index (χ2v) is 10.6. The SMILES string of the molecule is CCCCCCC(C)NC(=O)N1CCN(Cc2nc3scc(-c4cccs4)c3c(=O)[nH]2)CC1. The molecule has 2 amide bonds. The number of hydrogen-bond acceptors (Lipinski definition) is 6. The van der Waals surface area contributed by atoms with Crippen LogP contribution >= 0.6 is 22.7 Å². The Hall–Kier alpha value is -2.23. The van der Waals surface area contributed by atoms with Crippen molar-refractivity contribution in [2.24, 2.45) is 0 Å². The summed E-state index contributed by atoms with van der Waals surface area (Å²) in [5.74, 6) is 0.686. The van der Waals surface area contributed by atoms with Crippen LogP contribution in [0.3, 0.4) is 0 Å². The van der Waals surface area contributed by atoms with Crippen molar-refractivity contribution in [2.75, 3.05) is 26.2 Å². The number of aromatic nitrogens is 2. The third-order valence-electron chi connectivity index (χ3n) is 6.17. The number of urea groups is 1. The Morgan fingerprint density at radius 1 is 1.21 bits per heavy atom. The number of carbonyl (C=O) groups is 1. The largest absolute Gasteiger partial charge is 0.336 e. The molecule has 0 radical (unpaired) electrons. The molecule has 3 aromatic heterocycles. The fourth-order valence-corrected chi connectivity index (χ4v) is 6.04. The summed E-state index contributed by atoms with van der Waals surface area (Å²) in [5, 5.41) is 7.86. The zero-order valence-corrected chi connectivity index (χ0v) is 21.1. The first-order valence-electron chi connectivity index (χ1n) is 11.9. The molecule has 1 fully saturated rings. The summed E-state index contributed by atoms with van der Waals surface area (Å²) >= 11 is 3.15. The summed E-state index contributed by atoms with van der Waals surface area (Å²) in [6, 6.07) is 4.26. The van der Waals surface area contributed by atoms with Gasteiger partial charge in [-0.05, 0) is 24.8 Å². The first kappa shape index (κ1) is 23.9. The van der Waals surface area contributed by atoms with Crippen LogP contribution in [0.1, 0.15) is 51.8 Å². The van der Waals surface area contributed by atoms with Crippen LogP contribution in [0.5, 0.6) is 0 Å². The van der Waals surface area contributed by atoms with E-state index in [1.54, 1.807) is 11.3 Å². The van der Waals surface area contributed by atoms with Gasteiger partial charge in [0.1, 0.15) is 10.7 Å². The number of H-pyrrole nitrogens is 1. The van der Waals surface area contributed by atoms with Crippen molar-refractivity contribution >= 4 is 38.9 Å². The monoisotopic (exact) mass is 487 g/mol. The Morgan fingerprint density at radius 3 is 2.76 bits per heavy atom. The number of thiophene rings is 2. The molecule has 0 saturated carbocycles. The molecule has 2 N–H and O–H groups in total. The van der Waals surface area contributed by atoms with Crippen molar-refractivity contribution < 1.29 is 4.79 Å². The average molecular weight is 488 g/mol. The van der Waals surface area contributed by atoms with E-state index < -0.39 is 0 Å². The maximum Gasteiger partial charge on any atom is 0.317 e. The third kappa shape index (κ3) is 6.02. The Balaban J connectivity index is 1.29. The molecule has 0 bridgehead atoms. The van der Waals surface area contributed by atoms with Crippen LogP contribution in [0.15, 0.2) is 27.7 Å². The van der Waals surface area contributed by atoms with Gasteiger partial charge in [0.25, 0.3) is 5.56 Å². The molecule has 0 aromatic carbocycles. The standard InChI is InChI=1S/C24H33N5O2S2/c1-3-4-5-6-8-17(2)25-24(31)29-12-10-28(11-13-29)15-20-26-22(30)21-18(16-33-23(21)27-20)19-9-7-14-32-19/h7,9,14,16-17H,3-6,8,10-13,15H2,1-2H3,(H,25,31)(H,26,27,30). The first-order chi connectivity index (χ1) is 16.0. The molecule has 1 atom stereocenters. The van der Waals surface area contributed by atoms with Gasteiger partial charge < -0.3 is 15.2 Å². The van der Waals surface area contributed by atoms with E-state index in [-0.39, 0.29) is 17.6 Å². The van der Waals surface area contributed by atoms with Gasteiger partial charge in [-0.15, -0.1) is 22.7 Å². The molecule has 1 aliphatic heterocycles. The van der Waals surface area contributed by atoms with Crippen LogP contribution < -0.4 is 10.9 Å². The Morgan fingerprint density at radius 2 is 2.03 bits per heavy atom. The minimum atomic E-state index is -0.0782. The van der Waals surface area contributed by atoms with E-state index in [1.807, 2.05) is 27.8 Å². The van der Waals surface area contributed by atoms with Crippen LogP contribution in [0, 0.1) is 0 Å². The van der Waals surface area contributed by atoms with Gasteiger partial charge in [-0.3, -0.25) is 9.69 Å². The molecule has 0 spiro atoms. The van der Waals surface area contributed by atoms with E-state index >= 15 is 0 Å². The van der Waals surface area contributed by atoms with Crippen LogP contribution in [0.4, 0.5) is 4.79 Å². The molecule has 1 aliphatic rings. The van der Waals surface area contributed by atoms with E-state index in [2.05, 4.69) is 29.0 Å². The maximum absolute atomic E-state index is 12.8. The average Bonchev–Trinajstić information content (AvgIpc) is 3.47. The number of rotatable bonds is 9. The van der Waals surface area contributed by atoms with E-state index in [9.17, 15) is 9.59 Å². The summed E-state index contributed by atoms with van der Waals surface area (Å²) in [6.07, 6.45) is 5.92. The van der Waals surface area contributed by atoms with Gasteiger partial charge in [-0.2, -0.15) is 0 Å². The van der Waals surface area contributed by atoms with Gasteiger partial charge in [-0.1, -0.05) is 38.7 Å². The van der Waals surface area contributed by atoms with Crippen molar-refractivity contribution in [2.45, 2.75) is 58.5 Å². The lowest BCUT2D eigenvalue weighted by Gasteiger charge is -2.35. The Labute approximate surface area is 202 Å². The number of amides is 2. The number of hydrogen-bond donors (Lipinski definition) is 2. The highest BCUT2D eigenvalue weighted by molar-refractivity contribution is 7.18. The zero-order valence-electron chi connectivity index (χ0n) is 19.4. The van der Waals surface area contributed by atoms with Gasteiger partial charge in [0.15, 0.2) is 0 Å². The fraction of sp³-hybridized carbons (Fsp3) is 0.542. The summed E-state index contributed by atoms with van der Waals surface area (Å²) in [5.41, 5.74) is 0.884. The zero-order chi connectivity index (χ0) is 23.2. The molecule has 33 heavy (non-hydrogen) atoms. The molecule has 3 aromatic rings. The minimum Gasteiger partial charge on any atom is -0.336 e. The van der Waals surface area contributed by atoms with Crippen molar-refractivity contribution in [1.82, 2.24) is 25.1 Å². The number of fused-ring (bicyclic) bond motifs is 1. The van der Waals surface area contributed by atoms with Crippen molar-refractivity contribution in [3.8, 4) is 10.4 Å². The normalized spacial score (nSPS) is 15.8. The number of nitrogens with zero attached hydrogens (tertiary/aromatic N) is 3. The van der Waals surface area contributed by atoms with Crippen molar-refractivity contribution in [3.05, 3.63) is 39.1 Å². The summed E-state index contributed by atoms with van der Waals surface area (Å²) in [7, 11) is 0. The second-order valence-electron chi connectivity index (χ2n) is 8.78. The summed E-state index contributed by atoms with van der Waals surface area (Å²) < 4.78 is 0. The number of piperazine rings is 1. The van der Waals surface area contributed by atoms with Crippen LogP contribution in [-0.2, 0) is 6.54 Å². The fourth-order valence-electron chi connectivity index (χ4n) is 4.25. The Kier molecular flexibility index (Phi) is 8.16. The van der Waals surface area contributed by atoms with E-state index in [0.717, 1.165) is 41.2 Å². The van der Waals surface area contributed by atoms with Gasteiger partial charge >= 0.3 is 6.03 Å². The molecule has 7 nitrogen and oxygen atoms in total. The molecular weight excluding hydrogens is 454 g/mol. The summed E-state index contributed by atoms with van der Waals surface area (Å²) in [4.78, 5) is 39.1. The predicted molar refractivity (Wildman–Crippen MR) is 137 cm³/mol. The topological polar surface area (TPSA) is 81.3 Å². The third-order valence-corrected chi connectivity index (χ3v) is 7.95. The molecule has 178 valence electrons. The molecular formula is C24H33N5O2S2. The van der Waals surface area contributed by atoms with Crippen molar-refractivity contribution in [3.63, 3.8) is 0 Å². The Bertz CT molecular complexity index is 1100. The molecule has 1 unspecified atom stereocenters. The molecule has 1 saturated heterocycles. The number of unbranched alkanes of at least 4 members (excludes halogenated alkanes) is 3. The lowest BCUT2D eigenvalue weighted by Crippen LogP contribution is -2.53. The van der Waals surface area contributed by atoms with Gasteiger partial charge in [0, 0.05) is 48.0 Å². The first-order valence-corrected chi connectivity index (χ1v) is 13.6. The summed E-state index contributed by atoms with van der Waals surface area (Å²) in [6.45, 7) is 7.79. The number of nitrogens with one attached hydrogen (secondary N) is 2. The van der Waals surface area contributed by atoms with E-state index in [1.165, 1.54) is 30.6 Å². The highest BCUT2D eigenvalue weighted by atomic mass is 32.1. The molecule has 9 heteroatoms. The lowest BCUT2D eigenvalue weighted by atomic mass is 10.1. The van der Waals surface area contributed by atoms with E-state index in [4.69, 9.17) is 4.98 Å². The highest BCUT2D eigenvalue weighted by Gasteiger charge is 2.23. The smallest absolute Gasteiger partial charge is 0.317 e. The van der Waals surface area contributed by atoms with Crippen LogP contribution in [0.2, 0.25) is 0 Å².